The first-order valence-electron chi connectivity index (χ1n) is 6.04. The maximum Gasteiger partial charge on any atom is 0.315 e. The van der Waals surface area contributed by atoms with E-state index in [9.17, 15) is 9.59 Å². The topological polar surface area (TPSA) is 104 Å². The molecule has 2 amide bonds. The van der Waals surface area contributed by atoms with Gasteiger partial charge in [0.1, 0.15) is 5.76 Å². The zero-order valence-corrected chi connectivity index (χ0v) is 11.3. The summed E-state index contributed by atoms with van der Waals surface area (Å²) in [5.74, 6) is 0.143. The van der Waals surface area contributed by atoms with Crippen molar-refractivity contribution in [2.75, 3.05) is 6.54 Å². The molecule has 19 heavy (non-hydrogen) atoms. The summed E-state index contributed by atoms with van der Waals surface area (Å²) >= 11 is 0. The molecule has 0 aliphatic carbocycles. The number of oxazole rings is 1. The summed E-state index contributed by atoms with van der Waals surface area (Å²) in [5, 5.41) is 14.1. The molecule has 1 aromatic rings. The van der Waals surface area contributed by atoms with Gasteiger partial charge in [-0.25, -0.2) is 9.78 Å². The van der Waals surface area contributed by atoms with Crippen LogP contribution < -0.4 is 10.6 Å². The van der Waals surface area contributed by atoms with Gasteiger partial charge in [-0.15, -0.1) is 0 Å². The van der Waals surface area contributed by atoms with Crippen LogP contribution in [-0.2, 0) is 11.3 Å². The quantitative estimate of drug-likeness (QED) is 0.721. The van der Waals surface area contributed by atoms with Crippen LogP contribution in [0.4, 0.5) is 4.79 Å². The Morgan fingerprint density at radius 3 is 2.63 bits per heavy atom. The van der Waals surface area contributed by atoms with Gasteiger partial charge in [-0.2, -0.15) is 0 Å². The number of carboxylic acids is 1. The molecule has 1 unspecified atom stereocenters. The molecule has 0 saturated heterocycles. The van der Waals surface area contributed by atoms with Crippen molar-refractivity contribution in [3.8, 4) is 0 Å². The van der Waals surface area contributed by atoms with Crippen LogP contribution in [0.2, 0.25) is 0 Å². The molecule has 1 aromatic heterocycles. The van der Waals surface area contributed by atoms with Crippen molar-refractivity contribution in [3.63, 3.8) is 0 Å². The van der Waals surface area contributed by atoms with Crippen molar-refractivity contribution >= 4 is 12.0 Å². The number of hydrogen-bond donors (Lipinski definition) is 3. The van der Waals surface area contributed by atoms with Crippen molar-refractivity contribution < 1.29 is 19.1 Å². The first kappa shape index (κ1) is 15.0. The minimum Gasteiger partial charge on any atom is -0.481 e. The molecule has 0 saturated carbocycles. The zero-order valence-electron chi connectivity index (χ0n) is 11.3. The van der Waals surface area contributed by atoms with E-state index in [-0.39, 0.29) is 13.1 Å². The molecule has 1 heterocycles. The number of carbonyl (C=O) groups is 2. The Bertz CT molecular complexity index is 458. The number of rotatable bonds is 6. The third-order valence-corrected chi connectivity index (χ3v) is 3.01. The Morgan fingerprint density at radius 2 is 2.16 bits per heavy atom. The SMILES string of the molecule is CCC(C)(CNC(=O)NCc1ncc(C)o1)C(=O)O. The number of aryl methyl sites for hydroxylation is 1. The van der Waals surface area contributed by atoms with E-state index in [1.54, 1.807) is 27.0 Å². The Morgan fingerprint density at radius 1 is 1.47 bits per heavy atom. The van der Waals surface area contributed by atoms with Gasteiger partial charge in [0.25, 0.3) is 0 Å². The number of nitrogens with one attached hydrogen (secondary N) is 2. The molecule has 0 fully saturated rings. The molecule has 0 aliphatic rings. The highest BCUT2D eigenvalue weighted by Gasteiger charge is 2.31. The first-order chi connectivity index (χ1) is 8.87. The van der Waals surface area contributed by atoms with E-state index in [4.69, 9.17) is 9.52 Å². The van der Waals surface area contributed by atoms with E-state index in [1.807, 2.05) is 0 Å². The molecular formula is C12H19N3O4. The summed E-state index contributed by atoms with van der Waals surface area (Å²) < 4.78 is 5.19. The maximum absolute atomic E-state index is 11.5. The standard InChI is InChI=1S/C12H19N3O4/c1-4-12(3,10(16)17)7-15-11(18)14-6-9-13-5-8(2)19-9/h5H,4,6-7H2,1-3H3,(H,16,17)(H2,14,15,18). The minimum absolute atomic E-state index is 0.0648. The predicted molar refractivity (Wildman–Crippen MR) is 67.5 cm³/mol. The van der Waals surface area contributed by atoms with Crippen LogP contribution in [0.15, 0.2) is 10.6 Å². The maximum atomic E-state index is 11.5. The smallest absolute Gasteiger partial charge is 0.315 e. The summed E-state index contributed by atoms with van der Waals surface area (Å²) in [6, 6.07) is -0.447. The predicted octanol–water partition coefficient (Wildman–Crippen LogP) is 1.28. The van der Waals surface area contributed by atoms with Crippen LogP contribution in [0.25, 0.3) is 0 Å². The molecule has 0 radical (unpaired) electrons. The number of aromatic nitrogens is 1. The lowest BCUT2D eigenvalue weighted by Crippen LogP contribution is -2.44. The molecule has 7 heteroatoms. The van der Waals surface area contributed by atoms with E-state index >= 15 is 0 Å². The van der Waals surface area contributed by atoms with Gasteiger partial charge >= 0.3 is 12.0 Å². The summed E-state index contributed by atoms with van der Waals surface area (Å²) in [4.78, 5) is 26.5. The average molecular weight is 269 g/mol. The summed E-state index contributed by atoms with van der Waals surface area (Å²) in [7, 11) is 0. The van der Waals surface area contributed by atoms with Gasteiger partial charge in [0.2, 0.25) is 5.89 Å². The van der Waals surface area contributed by atoms with Crippen LogP contribution in [0.3, 0.4) is 0 Å². The van der Waals surface area contributed by atoms with Gasteiger partial charge in [0, 0.05) is 6.54 Å². The molecule has 0 aromatic carbocycles. The summed E-state index contributed by atoms with van der Waals surface area (Å²) in [6.45, 7) is 5.34. The molecule has 0 bridgehead atoms. The molecule has 3 N–H and O–H groups in total. The van der Waals surface area contributed by atoms with Gasteiger partial charge < -0.3 is 20.2 Å². The van der Waals surface area contributed by atoms with Crippen LogP contribution in [0, 0.1) is 12.3 Å². The molecular weight excluding hydrogens is 250 g/mol. The minimum atomic E-state index is -0.961. The number of urea groups is 1. The van der Waals surface area contributed by atoms with Gasteiger partial charge in [-0.3, -0.25) is 4.79 Å². The number of carboxylic acid groups (broad SMARTS) is 1. The van der Waals surface area contributed by atoms with Crippen molar-refractivity contribution in [1.82, 2.24) is 15.6 Å². The number of amides is 2. The van der Waals surface area contributed by atoms with Crippen molar-refractivity contribution in [3.05, 3.63) is 17.8 Å². The third kappa shape index (κ3) is 4.27. The lowest BCUT2D eigenvalue weighted by Gasteiger charge is -2.23. The van der Waals surface area contributed by atoms with Crippen molar-refractivity contribution in [1.29, 1.82) is 0 Å². The van der Waals surface area contributed by atoms with Crippen LogP contribution >= 0.6 is 0 Å². The second-order valence-electron chi connectivity index (χ2n) is 4.62. The van der Waals surface area contributed by atoms with E-state index in [0.717, 1.165) is 0 Å². The third-order valence-electron chi connectivity index (χ3n) is 3.01. The summed E-state index contributed by atoms with van der Waals surface area (Å²) in [6.07, 6.45) is 2.00. The van der Waals surface area contributed by atoms with Gasteiger partial charge in [0.15, 0.2) is 0 Å². The Kier molecular flexibility index (Phi) is 4.91. The normalized spacial score (nSPS) is 13.6. The van der Waals surface area contributed by atoms with E-state index in [1.165, 1.54) is 0 Å². The second kappa shape index (κ2) is 6.21. The lowest BCUT2D eigenvalue weighted by atomic mass is 9.88. The molecule has 106 valence electrons. The van der Waals surface area contributed by atoms with Crippen molar-refractivity contribution in [2.45, 2.75) is 33.7 Å². The highest BCUT2D eigenvalue weighted by atomic mass is 16.4. The molecule has 0 aliphatic heterocycles. The number of aliphatic carboxylic acids is 1. The Balaban J connectivity index is 2.37. The van der Waals surface area contributed by atoms with Crippen molar-refractivity contribution in [2.24, 2.45) is 5.41 Å². The Hall–Kier alpha value is -2.05. The van der Waals surface area contributed by atoms with E-state index in [2.05, 4.69) is 15.6 Å². The fraction of sp³-hybridized carbons (Fsp3) is 0.583. The molecule has 7 nitrogen and oxygen atoms in total. The van der Waals surface area contributed by atoms with Gasteiger partial charge in [-0.05, 0) is 20.3 Å². The van der Waals surface area contributed by atoms with Gasteiger partial charge in [-0.1, -0.05) is 6.92 Å². The number of nitrogens with zero attached hydrogens (tertiary/aromatic N) is 1. The zero-order chi connectivity index (χ0) is 14.5. The van der Waals surface area contributed by atoms with Crippen LogP contribution in [-0.4, -0.2) is 28.6 Å². The van der Waals surface area contributed by atoms with Gasteiger partial charge in [0.05, 0.1) is 18.2 Å². The average Bonchev–Trinajstić information content (AvgIpc) is 2.79. The monoisotopic (exact) mass is 269 g/mol. The second-order valence-corrected chi connectivity index (χ2v) is 4.62. The van der Waals surface area contributed by atoms with E-state index in [0.29, 0.717) is 18.1 Å². The fourth-order valence-corrected chi connectivity index (χ4v) is 1.33. The molecule has 1 rings (SSSR count). The molecule has 0 spiro atoms. The van der Waals surface area contributed by atoms with E-state index < -0.39 is 17.4 Å². The van der Waals surface area contributed by atoms with Crippen LogP contribution in [0.5, 0.6) is 0 Å². The Labute approximate surface area is 111 Å². The fourth-order valence-electron chi connectivity index (χ4n) is 1.33. The number of carbonyl (C=O) groups excluding carboxylic acids is 1. The largest absolute Gasteiger partial charge is 0.481 e. The molecule has 1 atom stereocenters. The highest BCUT2D eigenvalue weighted by Crippen LogP contribution is 2.19. The van der Waals surface area contributed by atoms with Crippen LogP contribution in [0.1, 0.15) is 31.9 Å². The summed E-state index contributed by atoms with van der Waals surface area (Å²) in [5.41, 5.74) is -0.961. The highest BCUT2D eigenvalue weighted by molar-refractivity contribution is 5.77. The lowest BCUT2D eigenvalue weighted by molar-refractivity contribution is -0.147. The number of hydrogen-bond acceptors (Lipinski definition) is 4. The first-order valence-corrected chi connectivity index (χ1v) is 6.04.